The highest BCUT2D eigenvalue weighted by molar-refractivity contribution is 5.70. The van der Waals surface area contributed by atoms with Gasteiger partial charge < -0.3 is 15.2 Å². The van der Waals surface area contributed by atoms with Gasteiger partial charge in [0.05, 0.1) is 16.9 Å². The number of carbonyl (C=O) groups is 2. The van der Waals surface area contributed by atoms with Gasteiger partial charge >= 0.3 is 6.09 Å². The minimum atomic E-state index is -2.93. The SMILES string of the molecule is CC(C)CC(C)(COc1ccc(-c2ccnc(C=O)n2)nc1C(F)F)NC(=O)O. The lowest BCUT2D eigenvalue weighted by atomic mass is 9.91. The van der Waals surface area contributed by atoms with Crippen molar-refractivity contribution in [2.75, 3.05) is 6.61 Å². The van der Waals surface area contributed by atoms with E-state index in [2.05, 4.69) is 20.3 Å². The van der Waals surface area contributed by atoms with Crippen molar-refractivity contribution >= 4 is 12.4 Å². The molecule has 29 heavy (non-hydrogen) atoms. The molecule has 0 spiro atoms. The van der Waals surface area contributed by atoms with Gasteiger partial charge in [-0.1, -0.05) is 13.8 Å². The predicted octanol–water partition coefficient (Wildman–Crippen LogP) is 3.74. The molecule has 10 heteroatoms. The summed E-state index contributed by atoms with van der Waals surface area (Å²) in [5.41, 5.74) is -1.22. The molecule has 1 amide bonds. The molecule has 0 saturated carbocycles. The largest absolute Gasteiger partial charge is 0.489 e. The zero-order valence-corrected chi connectivity index (χ0v) is 16.2. The molecule has 2 aromatic heterocycles. The average Bonchev–Trinajstić information content (AvgIpc) is 2.65. The first-order valence-electron chi connectivity index (χ1n) is 8.85. The Bertz CT molecular complexity index is 879. The Kier molecular flexibility index (Phi) is 7.13. The Morgan fingerprint density at radius 3 is 2.55 bits per heavy atom. The molecule has 2 rings (SSSR count). The Hall–Kier alpha value is -3.17. The average molecular weight is 408 g/mol. The summed E-state index contributed by atoms with van der Waals surface area (Å²) in [7, 11) is 0. The number of nitrogens with one attached hydrogen (secondary N) is 1. The van der Waals surface area contributed by atoms with Gasteiger partial charge in [-0.25, -0.2) is 28.5 Å². The van der Waals surface area contributed by atoms with E-state index in [0.29, 0.717) is 12.7 Å². The fourth-order valence-corrected chi connectivity index (χ4v) is 3.00. The molecule has 0 radical (unpaired) electrons. The fraction of sp³-hybridized carbons (Fsp3) is 0.421. The minimum absolute atomic E-state index is 0.0904. The molecule has 2 N–H and O–H groups in total. The number of carbonyl (C=O) groups excluding carboxylic acids is 1. The number of pyridine rings is 1. The summed E-state index contributed by atoms with van der Waals surface area (Å²) in [5.74, 6) is -0.0988. The molecule has 0 aliphatic rings. The second kappa shape index (κ2) is 9.35. The number of rotatable bonds is 9. The Morgan fingerprint density at radius 1 is 1.28 bits per heavy atom. The third-order valence-electron chi connectivity index (χ3n) is 3.95. The summed E-state index contributed by atoms with van der Waals surface area (Å²) in [4.78, 5) is 33.5. The zero-order valence-electron chi connectivity index (χ0n) is 16.2. The predicted molar refractivity (Wildman–Crippen MR) is 100 cm³/mol. The van der Waals surface area contributed by atoms with Crippen LogP contribution in [-0.2, 0) is 0 Å². The smallest absolute Gasteiger partial charge is 0.405 e. The van der Waals surface area contributed by atoms with E-state index >= 15 is 0 Å². The van der Waals surface area contributed by atoms with Gasteiger partial charge in [0.25, 0.3) is 6.43 Å². The molecule has 0 aliphatic heterocycles. The van der Waals surface area contributed by atoms with Crippen LogP contribution in [-0.4, -0.2) is 44.6 Å². The number of aldehydes is 1. The highest BCUT2D eigenvalue weighted by Crippen LogP contribution is 2.31. The number of nitrogens with zero attached hydrogens (tertiary/aromatic N) is 3. The van der Waals surface area contributed by atoms with Crippen LogP contribution in [0.15, 0.2) is 24.4 Å². The van der Waals surface area contributed by atoms with Crippen molar-refractivity contribution in [2.45, 2.75) is 39.2 Å². The van der Waals surface area contributed by atoms with Crippen molar-refractivity contribution in [1.29, 1.82) is 0 Å². The van der Waals surface area contributed by atoms with Gasteiger partial charge in [-0.15, -0.1) is 0 Å². The summed E-state index contributed by atoms with van der Waals surface area (Å²) < 4.78 is 32.7. The molecule has 2 aromatic rings. The maximum absolute atomic E-state index is 13.6. The number of hydrogen-bond donors (Lipinski definition) is 2. The third kappa shape index (κ3) is 6.16. The van der Waals surface area contributed by atoms with Crippen LogP contribution in [0.5, 0.6) is 5.75 Å². The van der Waals surface area contributed by atoms with E-state index in [1.807, 2.05) is 13.8 Å². The second-order valence-electron chi connectivity index (χ2n) is 7.18. The normalized spacial score (nSPS) is 13.2. The highest BCUT2D eigenvalue weighted by Gasteiger charge is 2.29. The number of carboxylic acid groups (broad SMARTS) is 1. The van der Waals surface area contributed by atoms with Crippen LogP contribution < -0.4 is 10.1 Å². The third-order valence-corrected chi connectivity index (χ3v) is 3.95. The molecule has 0 aliphatic carbocycles. The van der Waals surface area contributed by atoms with E-state index in [4.69, 9.17) is 9.84 Å². The van der Waals surface area contributed by atoms with Crippen LogP contribution in [0.2, 0.25) is 0 Å². The molecular weight excluding hydrogens is 386 g/mol. The van der Waals surface area contributed by atoms with Gasteiger partial charge in [0, 0.05) is 6.20 Å². The molecule has 0 fully saturated rings. The van der Waals surface area contributed by atoms with Crippen LogP contribution in [0, 0.1) is 5.92 Å². The summed E-state index contributed by atoms with van der Waals surface area (Å²) in [6, 6.07) is 4.20. The minimum Gasteiger partial charge on any atom is -0.489 e. The lowest BCUT2D eigenvalue weighted by molar-refractivity contribution is 0.111. The Labute approximate surface area is 166 Å². The van der Waals surface area contributed by atoms with E-state index < -0.39 is 23.8 Å². The first-order valence-corrected chi connectivity index (χ1v) is 8.85. The summed E-state index contributed by atoms with van der Waals surface area (Å²) in [5, 5.41) is 11.5. The standard InChI is InChI=1S/C19H22F2N4O4/c1-11(2)8-19(3,25-18(27)28)10-29-14-5-4-12(24-16(14)17(20)21)13-6-7-22-15(9-26)23-13/h4-7,9,11,17,25H,8,10H2,1-3H3,(H,27,28). The summed E-state index contributed by atoms with van der Waals surface area (Å²) in [6.45, 7) is 5.32. The molecule has 0 saturated heterocycles. The van der Waals surface area contributed by atoms with Crippen molar-refractivity contribution in [1.82, 2.24) is 20.3 Å². The first kappa shape index (κ1) is 22.1. The van der Waals surface area contributed by atoms with Crippen LogP contribution >= 0.6 is 0 Å². The van der Waals surface area contributed by atoms with Crippen molar-refractivity contribution in [3.63, 3.8) is 0 Å². The van der Waals surface area contributed by atoms with E-state index in [0.717, 1.165) is 0 Å². The molecule has 8 nitrogen and oxygen atoms in total. The molecule has 1 atom stereocenters. The van der Waals surface area contributed by atoms with Gasteiger partial charge in [0.15, 0.2) is 12.1 Å². The van der Waals surface area contributed by atoms with E-state index in [1.54, 1.807) is 6.92 Å². The van der Waals surface area contributed by atoms with Crippen molar-refractivity contribution in [3.8, 4) is 17.1 Å². The van der Waals surface area contributed by atoms with E-state index in [-0.39, 0.29) is 35.5 Å². The number of amides is 1. The van der Waals surface area contributed by atoms with Crippen molar-refractivity contribution < 1.29 is 28.2 Å². The molecular formula is C19H22F2N4O4. The molecule has 2 heterocycles. The van der Waals surface area contributed by atoms with Gasteiger partial charge in [0.1, 0.15) is 18.1 Å². The number of aromatic nitrogens is 3. The Balaban J connectivity index is 2.30. The van der Waals surface area contributed by atoms with Gasteiger partial charge in [-0.3, -0.25) is 4.79 Å². The second-order valence-corrected chi connectivity index (χ2v) is 7.18. The molecule has 0 aromatic carbocycles. The van der Waals surface area contributed by atoms with Gasteiger partial charge in [0.2, 0.25) is 0 Å². The zero-order chi connectivity index (χ0) is 21.6. The van der Waals surface area contributed by atoms with Gasteiger partial charge in [-0.05, 0) is 37.5 Å². The Morgan fingerprint density at radius 2 is 1.97 bits per heavy atom. The number of hydrogen-bond acceptors (Lipinski definition) is 6. The quantitative estimate of drug-likeness (QED) is 0.608. The lowest BCUT2D eigenvalue weighted by Crippen LogP contribution is -2.50. The number of halogens is 2. The maximum atomic E-state index is 13.6. The lowest BCUT2D eigenvalue weighted by Gasteiger charge is -2.31. The highest BCUT2D eigenvalue weighted by atomic mass is 19.3. The van der Waals surface area contributed by atoms with Crippen LogP contribution in [0.4, 0.5) is 13.6 Å². The number of alkyl halides is 2. The van der Waals surface area contributed by atoms with Crippen LogP contribution in [0.1, 0.15) is 49.9 Å². The summed E-state index contributed by atoms with van der Waals surface area (Å²) in [6.07, 6.45) is -1.94. The molecule has 156 valence electrons. The first-order chi connectivity index (χ1) is 13.6. The topological polar surface area (TPSA) is 114 Å². The van der Waals surface area contributed by atoms with Crippen molar-refractivity contribution in [2.24, 2.45) is 5.92 Å². The summed E-state index contributed by atoms with van der Waals surface area (Å²) >= 11 is 0. The van der Waals surface area contributed by atoms with Crippen LogP contribution in [0.25, 0.3) is 11.4 Å². The molecule has 1 unspecified atom stereocenters. The fourth-order valence-electron chi connectivity index (χ4n) is 3.00. The van der Waals surface area contributed by atoms with E-state index in [1.165, 1.54) is 24.4 Å². The maximum Gasteiger partial charge on any atom is 0.405 e. The molecule has 0 bridgehead atoms. The van der Waals surface area contributed by atoms with E-state index in [9.17, 15) is 18.4 Å². The van der Waals surface area contributed by atoms with Crippen LogP contribution in [0.3, 0.4) is 0 Å². The van der Waals surface area contributed by atoms with Gasteiger partial charge in [-0.2, -0.15) is 0 Å². The number of ether oxygens (including phenoxy) is 1. The monoisotopic (exact) mass is 408 g/mol. The van der Waals surface area contributed by atoms with Crippen molar-refractivity contribution in [3.05, 3.63) is 35.9 Å².